The van der Waals surface area contributed by atoms with Crippen LogP contribution in [0.3, 0.4) is 0 Å². The molecule has 2 rings (SSSR count). The summed E-state index contributed by atoms with van der Waals surface area (Å²) < 4.78 is 16.3. The average Bonchev–Trinajstić information content (AvgIpc) is 2.72. The van der Waals surface area contributed by atoms with Gasteiger partial charge in [-0.2, -0.15) is 0 Å². The van der Waals surface area contributed by atoms with Gasteiger partial charge in [-0.05, 0) is 77.3 Å². The molecule has 0 aliphatic rings. The Bertz CT molecular complexity index is 877. The molecule has 29 heavy (non-hydrogen) atoms. The van der Waals surface area contributed by atoms with Gasteiger partial charge in [-0.3, -0.25) is 25.8 Å². The molecule has 10 heteroatoms. The Balaban J connectivity index is 1.83. The molecule has 0 spiro atoms. The molecule has 3 N–H and O–H groups in total. The summed E-state index contributed by atoms with van der Waals surface area (Å²) in [7, 11) is 3.15. The summed E-state index contributed by atoms with van der Waals surface area (Å²) in [5.41, 5.74) is 5.75. The van der Waals surface area contributed by atoms with Crippen LogP contribution in [0.2, 0.25) is 0 Å². The van der Waals surface area contributed by atoms with E-state index in [-0.39, 0.29) is 5.11 Å². The van der Waals surface area contributed by atoms with Gasteiger partial charge in [0.25, 0.3) is 11.8 Å². The number of benzene rings is 2. The predicted molar refractivity (Wildman–Crippen MR) is 120 cm³/mol. The van der Waals surface area contributed by atoms with E-state index in [2.05, 4.69) is 38.8 Å². The minimum atomic E-state index is -0.417. The summed E-state index contributed by atoms with van der Waals surface area (Å²) in [5.74, 6) is 0.479. The third kappa shape index (κ3) is 7.15. The quantitative estimate of drug-likeness (QED) is 0.219. The van der Waals surface area contributed by atoms with Gasteiger partial charge in [0, 0.05) is 18.2 Å². The second-order valence-electron chi connectivity index (χ2n) is 5.58. The van der Waals surface area contributed by atoms with E-state index in [9.17, 15) is 9.59 Å². The normalized spacial score (nSPS) is 10.0. The fourth-order valence-corrected chi connectivity index (χ4v) is 3.02. The van der Waals surface area contributed by atoms with Crippen LogP contribution >= 0.6 is 34.8 Å². The highest BCUT2D eigenvalue weighted by Crippen LogP contribution is 2.21. The van der Waals surface area contributed by atoms with Crippen LogP contribution in [0, 0.1) is 3.57 Å². The molecule has 8 nitrogen and oxygen atoms in total. The summed E-state index contributed by atoms with van der Waals surface area (Å²) in [6.07, 6.45) is 0. The lowest BCUT2D eigenvalue weighted by molar-refractivity contribution is 0.0934. The molecule has 0 unspecified atom stereocenters. The van der Waals surface area contributed by atoms with Gasteiger partial charge in [-0.1, -0.05) is 0 Å². The Morgan fingerprint density at radius 1 is 0.966 bits per heavy atom. The number of halogens is 1. The fraction of sp³-hybridized carbons (Fsp3) is 0.211. The third-order valence-electron chi connectivity index (χ3n) is 3.60. The molecular weight excluding hydrogens is 509 g/mol. The zero-order valence-electron chi connectivity index (χ0n) is 15.8. The summed E-state index contributed by atoms with van der Waals surface area (Å²) in [6, 6.07) is 11.6. The van der Waals surface area contributed by atoms with Crippen molar-refractivity contribution in [2.24, 2.45) is 0 Å². The van der Waals surface area contributed by atoms with E-state index in [0.717, 1.165) is 3.57 Å². The maximum atomic E-state index is 12.2. The molecule has 2 aromatic rings. The molecule has 0 heterocycles. The predicted octanol–water partition coefficient (Wildman–Crippen LogP) is 2.27. The van der Waals surface area contributed by atoms with Gasteiger partial charge >= 0.3 is 0 Å². The number of hydrazine groups is 1. The lowest BCUT2D eigenvalue weighted by atomic mass is 10.2. The molecular formula is C19H20IN3O5S. The number of nitrogens with one attached hydrogen (secondary N) is 3. The number of hydrogen-bond donors (Lipinski definition) is 3. The zero-order valence-corrected chi connectivity index (χ0v) is 18.8. The van der Waals surface area contributed by atoms with Gasteiger partial charge in [0.15, 0.2) is 5.11 Å². The Morgan fingerprint density at radius 3 is 2.28 bits per heavy atom. The Labute approximate surface area is 187 Å². The number of thiocarbonyl (C=S) groups is 1. The van der Waals surface area contributed by atoms with Gasteiger partial charge in [0.2, 0.25) is 0 Å². The molecule has 0 saturated carbocycles. The molecule has 0 aromatic heterocycles. The highest BCUT2D eigenvalue weighted by Gasteiger charge is 2.11. The first kappa shape index (κ1) is 22.8. The van der Waals surface area contributed by atoms with E-state index in [1.54, 1.807) is 56.7 Å². The van der Waals surface area contributed by atoms with Gasteiger partial charge in [-0.15, -0.1) is 0 Å². The van der Waals surface area contributed by atoms with Crippen molar-refractivity contribution >= 4 is 51.7 Å². The lowest BCUT2D eigenvalue weighted by Gasteiger charge is -2.12. The maximum Gasteiger partial charge on any atom is 0.269 e. The molecule has 0 fully saturated rings. The first-order chi connectivity index (χ1) is 13.9. The minimum absolute atomic E-state index is 0.0352. The number of methoxy groups -OCH3 is 2. The first-order valence-electron chi connectivity index (χ1n) is 8.41. The molecule has 2 amide bonds. The van der Waals surface area contributed by atoms with Crippen molar-refractivity contribution in [1.82, 2.24) is 16.2 Å². The zero-order chi connectivity index (χ0) is 21.2. The number of hydrogen-bond acceptors (Lipinski definition) is 6. The molecule has 154 valence electrons. The van der Waals surface area contributed by atoms with E-state index in [1.807, 2.05) is 0 Å². The number of carbonyl (C=O) groups is 2. The van der Waals surface area contributed by atoms with Gasteiger partial charge in [0.1, 0.15) is 18.1 Å². The maximum absolute atomic E-state index is 12.2. The van der Waals surface area contributed by atoms with Gasteiger partial charge in [0.05, 0.1) is 17.3 Å². The number of ether oxygens (including phenoxy) is 3. The van der Waals surface area contributed by atoms with Crippen molar-refractivity contribution < 1.29 is 23.8 Å². The SMILES string of the molecule is COCCOc1ccc(C(=O)NC(=S)NNC(=O)c2ccc(OC)c(I)c2)cc1. The van der Waals surface area contributed by atoms with E-state index in [1.165, 1.54) is 0 Å². The molecule has 2 aromatic carbocycles. The minimum Gasteiger partial charge on any atom is -0.496 e. The van der Waals surface area contributed by atoms with Crippen LogP contribution in [0.4, 0.5) is 0 Å². The van der Waals surface area contributed by atoms with Crippen molar-refractivity contribution in [2.45, 2.75) is 0 Å². The van der Waals surface area contributed by atoms with Crippen molar-refractivity contribution in [1.29, 1.82) is 0 Å². The highest BCUT2D eigenvalue weighted by molar-refractivity contribution is 14.1. The van der Waals surface area contributed by atoms with E-state index < -0.39 is 11.8 Å². The first-order valence-corrected chi connectivity index (χ1v) is 9.90. The summed E-state index contributed by atoms with van der Waals surface area (Å²) in [4.78, 5) is 24.4. The second kappa shape index (κ2) is 11.5. The molecule has 0 aliphatic carbocycles. The Morgan fingerprint density at radius 2 is 1.66 bits per heavy atom. The largest absolute Gasteiger partial charge is 0.496 e. The number of amides is 2. The molecule has 0 saturated heterocycles. The van der Waals surface area contributed by atoms with E-state index >= 15 is 0 Å². The van der Waals surface area contributed by atoms with Crippen LogP contribution in [0.25, 0.3) is 0 Å². The molecule has 0 atom stereocenters. The number of rotatable bonds is 7. The topological polar surface area (TPSA) is 97.9 Å². The monoisotopic (exact) mass is 529 g/mol. The van der Waals surface area contributed by atoms with Crippen molar-refractivity contribution in [2.75, 3.05) is 27.4 Å². The number of carbonyl (C=O) groups excluding carboxylic acids is 2. The summed E-state index contributed by atoms with van der Waals surface area (Å²) in [5, 5.41) is 2.45. The van der Waals surface area contributed by atoms with Crippen LogP contribution in [0.15, 0.2) is 42.5 Å². The van der Waals surface area contributed by atoms with Crippen LogP contribution in [0.1, 0.15) is 20.7 Å². The Kier molecular flexibility index (Phi) is 9.09. The van der Waals surface area contributed by atoms with Crippen LogP contribution in [-0.4, -0.2) is 44.4 Å². The lowest BCUT2D eigenvalue weighted by Crippen LogP contribution is -2.48. The third-order valence-corrected chi connectivity index (χ3v) is 4.65. The summed E-state index contributed by atoms with van der Waals surface area (Å²) in [6.45, 7) is 0.895. The van der Waals surface area contributed by atoms with E-state index in [4.69, 9.17) is 26.4 Å². The van der Waals surface area contributed by atoms with Crippen molar-refractivity contribution in [3.05, 3.63) is 57.2 Å². The molecule has 0 bridgehead atoms. The Hall–Kier alpha value is -2.44. The van der Waals surface area contributed by atoms with Crippen LogP contribution in [0.5, 0.6) is 11.5 Å². The average molecular weight is 529 g/mol. The smallest absolute Gasteiger partial charge is 0.269 e. The molecule has 0 radical (unpaired) electrons. The van der Waals surface area contributed by atoms with E-state index in [0.29, 0.717) is 35.8 Å². The van der Waals surface area contributed by atoms with Crippen LogP contribution in [-0.2, 0) is 4.74 Å². The van der Waals surface area contributed by atoms with Gasteiger partial charge in [-0.25, -0.2) is 0 Å². The standard InChI is InChI=1S/C19H20IN3O5S/c1-26-9-10-28-14-6-3-12(4-7-14)17(24)21-19(29)23-22-18(25)13-5-8-16(27-2)15(20)11-13/h3-8,11H,9-10H2,1-2H3,(H,22,25)(H2,21,23,24,29). The van der Waals surface area contributed by atoms with Crippen molar-refractivity contribution in [3.63, 3.8) is 0 Å². The molecule has 0 aliphatic heterocycles. The van der Waals surface area contributed by atoms with Crippen molar-refractivity contribution in [3.8, 4) is 11.5 Å². The second-order valence-corrected chi connectivity index (χ2v) is 7.15. The fourth-order valence-electron chi connectivity index (χ4n) is 2.15. The van der Waals surface area contributed by atoms with Crippen LogP contribution < -0.4 is 25.6 Å². The van der Waals surface area contributed by atoms with Gasteiger partial charge < -0.3 is 14.2 Å². The summed E-state index contributed by atoms with van der Waals surface area (Å²) >= 11 is 7.11. The highest BCUT2D eigenvalue weighted by atomic mass is 127.